The van der Waals surface area contributed by atoms with Crippen LogP contribution in [0.2, 0.25) is 5.02 Å². The quantitative estimate of drug-likeness (QED) is 0.553. The number of hydrogen-bond acceptors (Lipinski definition) is 3. The van der Waals surface area contributed by atoms with Gasteiger partial charge in [0, 0.05) is 17.5 Å². The molecule has 24 heavy (non-hydrogen) atoms. The molecule has 0 bridgehead atoms. The third-order valence-corrected chi connectivity index (χ3v) is 4.85. The van der Waals surface area contributed by atoms with E-state index in [1.165, 1.54) is 22.3 Å². The Hall–Kier alpha value is -2.46. The van der Waals surface area contributed by atoms with Crippen LogP contribution in [0.15, 0.2) is 36.4 Å². The molecule has 4 nitrogen and oxygen atoms in total. The molecule has 4 rings (SSSR count). The summed E-state index contributed by atoms with van der Waals surface area (Å²) in [4.78, 5) is 0. The number of benzene rings is 2. The maximum atomic E-state index is 6.24. The van der Waals surface area contributed by atoms with Gasteiger partial charge in [-0.15, -0.1) is 0 Å². The number of rotatable bonds is 4. The summed E-state index contributed by atoms with van der Waals surface area (Å²) in [6.45, 7) is 2.14. The first-order valence-corrected chi connectivity index (χ1v) is 8.38. The van der Waals surface area contributed by atoms with Gasteiger partial charge in [-0.1, -0.05) is 36.7 Å². The number of methoxy groups -OCH3 is 1. The topological polar surface area (TPSA) is 49.9 Å². The lowest BCUT2D eigenvalue weighted by Crippen LogP contribution is -1.96. The molecule has 2 aromatic carbocycles. The Labute approximate surface area is 145 Å². The van der Waals surface area contributed by atoms with Gasteiger partial charge in [0.15, 0.2) is 5.82 Å². The van der Waals surface area contributed by atoms with Crippen LogP contribution in [0.1, 0.15) is 23.6 Å². The van der Waals surface area contributed by atoms with Gasteiger partial charge in [0.05, 0.1) is 23.5 Å². The van der Waals surface area contributed by atoms with Crippen LogP contribution < -0.4 is 10.1 Å². The summed E-state index contributed by atoms with van der Waals surface area (Å²) in [5.41, 5.74) is 6.78. The van der Waals surface area contributed by atoms with E-state index in [1.807, 2.05) is 24.3 Å². The molecule has 0 fully saturated rings. The highest BCUT2D eigenvalue weighted by Gasteiger charge is 2.26. The average Bonchev–Trinajstić information content (AvgIpc) is 3.15. The normalized spacial score (nSPS) is 12.0. The molecule has 1 aliphatic carbocycles. The number of fused-ring (bicyclic) bond motifs is 3. The highest BCUT2D eigenvalue weighted by Crippen LogP contribution is 2.42. The van der Waals surface area contributed by atoms with E-state index in [9.17, 15) is 0 Å². The lowest BCUT2D eigenvalue weighted by Gasteiger charge is -2.10. The van der Waals surface area contributed by atoms with Crippen molar-refractivity contribution < 1.29 is 4.74 Å². The zero-order valence-corrected chi connectivity index (χ0v) is 14.4. The fraction of sp³-hybridized carbons (Fsp3) is 0.211. The van der Waals surface area contributed by atoms with Gasteiger partial charge in [0.1, 0.15) is 5.75 Å². The molecule has 0 amide bonds. The zero-order chi connectivity index (χ0) is 16.7. The maximum absolute atomic E-state index is 6.24. The Morgan fingerprint density at radius 1 is 1.29 bits per heavy atom. The van der Waals surface area contributed by atoms with E-state index in [0.29, 0.717) is 5.02 Å². The fourth-order valence-electron chi connectivity index (χ4n) is 3.27. The number of halogens is 1. The van der Waals surface area contributed by atoms with Crippen LogP contribution in [-0.2, 0) is 12.8 Å². The molecule has 5 heteroatoms. The minimum Gasteiger partial charge on any atom is -0.496 e. The smallest absolute Gasteiger partial charge is 0.156 e. The van der Waals surface area contributed by atoms with Crippen LogP contribution in [0.5, 0.6) is 5.75 Å². The molecule has 0 atom stereocenters. The van der Waals surface area contributed by atoms with Gasteiger partial charge in [0.2, 0.25) is 0 Å². The van der Waals surface area contributed by atoms with E-state index >= 15 is 0 Å². The number of anilines is 2. The second-order valence-corrected chi connectivity index (χ2v) is 6.29. The summed E-state index contributed by atoms with van der Waals surface area (Å²) in [7, 11) is 1.72. The van der Waals surface area contributed by atoms with Crippen molar-refractivity contribution in [2.45, 2.75) is 19.8 Å². The first-order valence-electron chi connectivity index (χ1n) is 8.00. The van der Waals surface area contributed by atoms with Crippen molar-refractivity contribution in [3.05, 3.63) is 58.1 Å². The van der Waals surface area contributed by atoms with Gasteiger partial charge in [-0.25, -0.2) is 0 Å². The van der Waals surface area contributed by atoms with Gasteiger partial charge in [-0.3, -0.25) is 5.10 Å². The van der Waals surface area contributed by atoms with Gasteiger partial charge >= 0.3 is 0 Å². The molecule has 0 radical (unpaired) electrons. The monoisotopic (exact) mass is 339 g/mol. The molecule has 0 saturated carbocycles. The zero-order valence-electron chi connectivity index (χ0n) is 13.6. The molecule has 3 aromatic rings. The van der Waals surface area contributed by atoms with E-state index in [-0.39, 0.29) is 0 Å². The Kier molecular flexibility index (Phi) is 3.69. The van der Waals surface area contributed by atoms with Crippen molar-refractivity contribution in [1.82, 2.24) is 10.2 Å². The number of para-hydroxylation sites is 1. The third kappa shape index (κ3) is 2.34. The van der Waals surface area contributed by atoms with Gasteiger partial charge in [-0.05, 0) is 35.7 Å². The molecule has 122 valence electrons. The number of ether oxygens (including phenoxy) is 1. The molecule has 1 aliphatic rings. The number of aryl methyl sites for hydroxylation is 1. The summed E-state index contributed by atoms with van der Waals surface area (Å²) >= 11 is 6.24. The summed E-state index contributed by atoms with van der Waals surface area (Å²) in [5, 5.41) is 11.6. The number of hydrogen-bond donors (Lipinski definition) is 2. The first-order chi connectivity index (χ1) is 11.7. The maximum Gasteiger partial charge on any atom is 0.156 e. The number of nitrogens with zero attached hydrogens (tertiary/aromatic N) is 1. The number of aromatic amines is 1. The SMILES string of the molecule is CCc1cc2c(cc1OC)-c1[nH]nc(Nc3ccccc3Cl)c1C2. The standard InChI is InChI=1S/C19H18ClN3O/c1-3-11-8-12-9-14-18(13(12)10-17(11)24-2)22-23-19(14)21-16-7-5-4-6-15(16)20/h4-8,10H,3,9H2,1-2H3,(H2,21,22,23). The largest absolute Gasteiger partial charge is 0.496 e. The molecule has 2 N–H and O–H groups in total. The average molecular weight is 340 g/mol. The van der Waals surface area contributed by atoms with Gasteiger partial charge < -0.3 is 10.1 Å². The van der Waals surface area contributed by atoms with Crippen molar-refractivity contribution in [2.24, 2.45) is 0 Å². The third-order valence-electron chi connectivity index (χ3n) is 4.52. The Morgan fingerprint density at radius 3 is 2.88 bits per heavy atom. The second-order valence-electron chi connectivity index (χ2n) is 5.88. The number of H-pyrrole nitrogens is 1. The second kappa shape index (κ2) is 5.87. The highest BCUT2D eigenvalue weighted by atomic mass is 35.5. The van der Waals surface area contributed by atoms with E-state index in [1.54, 1.807) is 7.11 Å². The molecular weight excluding hydrogens is 322 g/mol. The summed E-state index contributed by atoms with van der Waals surface area (Å²) in [6.07, 6.45) is 1.80. The molecule has 1 aromatic heterocycles. The predicted molar refractivity (Wildman–Crippen MR) is 97.5 cm³/mol. The van der Waals surface area contributed by atoms with Crippen LogP contribution in [0.4, 0.5) is 11.5 Å². The first kappa shape index (κ1) is 15.1. The lowest BCUT2D eigenvalue weighted by atomic mass is 10.0. The fourth-order valence-corrected chi connectivity index (χ4v) is 3.45. The van der Waals surface area contributed by atoms with E-state index in [2.05, 4.69) is 34.6 Å². The van der Waals surface area contributed by atoms with E-state index in [0.717, 1.165) is 35.8 Å². The Bertz CT molecular complexity index is 917. The van der Waals surface area contributed by atoms with Crippen molar-refractivity contribution in [3.63, 3.8) is 0 Å². The summed E-state index contributed by atoms with van der Waals surface area (Å²) in [5.74, 6) is 1.76. The van der Waals surface area contributed by atoms with Crippen LogP contribution in [-0.4, -0.2) is 17.3 Å². The Morgan fingerprint density at radius 2 is 2.12 bits per heavy atom. The highest BCUT2D eigenvalue weighted by molar-refractivity contribution is 6.33. The predicted octanol–water partition coefficient (Wildman–Crippen LogP) is 4.95. The molecule has 0 aliphatic heterocycles. The number of aromatic nitrogens is 2. The van der Waals surface area contributed by atoms with Crippen LogP contribution in [0.3, 0.4) is 0 Å². The van der Waals surface area contributed by atoms with Gasteiger partial charge in [0.25, 0.3) is 0 Å². The number of nitrogens with one attached hydrogen (secondary N) is 2. The summed E-state index contributed by atoms with van der Waals surface area (Å²) in [6, 6.07) is 12.0. The molecule has 0 unspecified atom stereocenters. The minimum atomic E-state index is 0.680. The van der Waals surface area contributed by atoms with Gasteiger partial charge in [-0.2, -0.15) is 5.10 Å². The van der Waals surface area contributed by atoms with Crippen LogP contribution in [0, 0.1) is 0 Å². The van der Waals surface area contributed by atoms with Crippen LogP contribution in [0.25, 0.3) is 11.3 Å². The van der Waals surface area contributed by atoms with Crippen LogP contribution >= 0.6 is 11.6 Å². The Balaban J connectivity index is 1.73. The van der Waals surface area contributed by atoms with Crippen molar-refractivity contribution in [2.75, 3.05) is 12.4 Å². The molecule has 1 heterocycles. The van der Waals surface area contributed by atoms with Crippen molar-refractivity contribution in [3.8, 4) is 17.0 Å². The minimum absolute atomic E-state index is 0.680. The van der Waals surface area contributed by atoms with Crippen molar-refractivity contribution in [1.29, 1.82) is 0 Å². The summed E-state index contributed by atoms with van der Waals surface area (Å²) < 4.78 is 5.53. The van der Waals surface area contributed by atoms with E-state index < -0.39 is 0 Å². The molecule has 0 saturated heterocycles. The lowest BCUT2D eigenvalue weighted by molar-refractivity contribution is 0.410. The van der Waals surface area contributed by atoms with E-state index in [4.69, 9.17) is 16.3 Å². The molecular formula is C19H18ClN3O. The van der Waals surface area contributed by atoms with Crippen molar-refractivity contribution >= 4 is 23.1 Å². The molecule has 0 spiro atoms.